The van der Waals surface area contributed by atoms with Crippen molar-refractivity contribution in [1.82, 2.24) is 0 Å². The van der Waals surface area contributed by atoms with Crippen LogP contribution in [0.3, 0.4) is 0 Å². The van der Waals surface area contributed by atoms with Crippen molar-refractivity contribution in [2.24, 2.45) is 0 Å². The van der Waals surface area contributed by atoms with E-state index in [0.29, 0.717) is 12.8 Å². The molecule has 0 amide bonds. The van der Waals surface area contributed by atoms with Gasteiger partial charge in [0.05, 0.1) is 40.3 Å². The van der Waals surface area contributed by atoms with Crippen LogP contribution in [0.25, 0.3) is 0 Å². The normalized spacial score (nSPS) is 13.9. The van der Waals surface area contributed by atoms with E-state index in [1.165, 1.54) is 38.5 Å². The average Bonchev–Trinajstić information content (AvgIpc) is 3.15. The molecule has 0 bridgehead atoms. The molecule has 0 radical (unpaired) electrons. The first-order chi connectivity index (χ1) is 27.1. The molecule has 0 aliphatic heterocycles. The van der Waals surface area contributed by atoms with Gasteiger partial charge >= 0.3 is 11.9 Å². The summed E-state index contributed by atoms with van der Waals surface area (Å²) in [6.07, 6.45) is 50.2. The average molecular weight is 780 g/mol. The summed E-state index contributed by atoms with van der Waals surface area (Å²) in [4.78, 5) is 36.8. The molecule has 56 heavy (non-hydrogen) atoms. The van der Waals surface area contributed by atoms with E-state index in [2.05, 4.69) is 56.4 Å². The predicted octanol–water partition coefficient (Wildman–Crippen LogP) is 10.2. The maximum atomic E-state index is 12.7. The first kappa shape index (κ1) is 52.2. The molecule has 0 aromatic heterocycles. The first-order valence-electron chi connectivity index (χ1n) is 21.3. The molecule has 0 spiro atoms. The van der Waals surface area contributed by atoms with Gasteiger partial charge in [-0.25, -0.2) is 0 Å². The number of esters is 2. The summed E-state index contributed by atoms with van der Waals surface area (Å²) in [5, 5.41) is 11.6. The van der Waals surface area contributed by atoms with E-state index < -0.39 is 18.1 Å². The van der Waals surface area contributed by atoms with Crippen LogP contribution in [0, 0.1) is 0 Å². The Hall–Kier alpha value is -3.75. The van der Waals surface area contributed by atoms with Gasteiger partial charge in [0.25, 0.3) is 0 Å². The molecule has 0 saturated carbocycles. The summed E-state index contributed by atoms with van der Waals surface area (Å²) < 4.78 is 17.1. The van der Waals surface area contributed by atoms with E-state index in [0.717, 1.165) is 57.8 Å². The monoisotopic (exact) mass is 780 g/mol. The van der Waals surface area contributed by atoms with Crippen molar-refractivity contribution in [2.75, 3.05) is 41.0 Å². The Morgan fingerprint density at radius 2 is 1.05 bits per heavy atom. The highest BCUT2D eigenvalue weighted by Gasteiger charge is 2.25. The summed E-state index contributed by atoms with van der Waals surface area (Å²) >= 11 is 0. The number of rotatable bonds is 36. The van der Waals surface area contributed by atoms with Crippen molar-refractivity contribution in [1.29, 1.82) is 0 Å². The minimum Gasteiger partial charge on any atom is -0.544 e. The van der Waals surface area contributed by atoms with Crippen molar-refractivity contribution in [2.45, 2.75) is 148 Å². The Bertz CT molecular complexity index is 1230. The van der Waals surface area contributed by atoms with Crippen LogP contribution in [0.2, 0.25) is 0 Å². The topological polar surface area (TPSA) is 102 Å². The van der Waals surface area contributed by atoms with E-state index in [9.17, 15) is 19.5 Å². The highest BCUT2D eigenvalue weighted by atomic mass is 16.6. The maximum Gasteiger partial charge on any atom is 0.306 e. The number of unbranched alkanes of at least 4 members (excludes halogenated alkanes) is 10. The molecule has 0 aromatic rings. The van der Waals surface area contributed by atoms with Crippen molar-refractivity contribution in [3.63, 3.8) is 0 Å². The van der Waals surface area contributed by atoms with Gasteiger partial charge in [0.1, 0.15) is 12.6 Å². The number of aliphatic carboxylic acids is 1. The van der Waals surface area contributed by atoms with Gasteiger partial charge < -0.3 is 28.6 Å². The maximum absolute atomic E-state index is 12.7. The Balaban J connectivity index is 4.45. The number of hydrogen-bond donors (Lipinski definition) is 0. The van der Waals surface area contributed by atoms with Crippen molar-refractivity contribution < 1.29 is 38.2 Å². The minimum atomic E-state index is -1.14. The molecule has 2 atom stereocenters. The molecule has 0 aromatic carbocycles. The zero-order chi connectivity index (χ0) is 41.4. The highest BCUT2D eigenvalue weighted by molar-refractivity contribution is 5.70. The van der Waals surface area contributed by atoms with Gasteiger partial charge in [-0.3, -0.25) is 9.59 Å². The Morgan fingerprint density at radius 3 is 1.64 bits per heavy atom. The molecule has 0 heterocycles. The third-order valence-electron chi connectivity index (χ3n) is 8.84. The van der Waals surface area contributed by atoms with Crippen LogP contribution >= 0.6 is 0 Å². The predicted molar refractivity (Wildman–Crippen MR) is 231 cm³/mol. The molecule has 0 rings (SSSR count). The number of quaternary nitrogens is 1. The molecule has 0 aliphatic carbocycles. The second-order valence-corrected chi connectivity index (χ2v) is 14.9. The summed E-state index contributed by atoms with van der Waals surface area (Å²) in [5.74, 6) is -1.85. The lowest BCUT2D eigenvalue weighted by Gasteiger charge is -2.34. The van der Waals surface area contributed by atoms with E-state index in [1.807, 2.05) is 54.7 Å². The van der Waals surface area contributed by atoms with Crippen LogP contribution in [0.5, 0.6) is 0 Å². The Morgan fingerprint density at radius 1 is 0.554 bits per heavy atom. The van der Waals surface area contributed by atoms with Gasteiger partial charge in [-0.1, -0.05) is 156 Å². The zero-order valence-corrected chi connectivity index (χ0v) is 35.8. The number of carbonyl (C=O) groups excluding carboxylic acids is 3. The van der Waals surface area contributed by atoms with Crippen LogP contribution in [0.4, 0.5) is 0 Å². The van der Waals surface area contributed by atoms with Crippen LogP contribution in [-0.2, 0) is 28.6 Å². The van der Waals surface area contributed by atoms with Crippen LogP contribution in [0.15, 0.2) is 97.2 Å². The summed E-state index contributed by atoms with van der Waals surface area (Å²) in [6, 6.07) is -0.742. The number of likely N-dealkylation sites (N-methyl/N-ethyl adjacent to an activating group) is 1. The van der Waals surface area contributed by atoms with Gasteiger partial charge in [0.2, 0.25) is 0 Å². The lowest BCUT2D eigenvalue weighted by atomic mass is 10.1. The minimum absolute atomic E-state index is 0.00944. The fraction of sp³-hybridized carbons (Fsp3) is 0.604. The van der Waals surface area contributed by atoms with Gasteiger partial charge in [0.15, 0.2) is 6.10 Å². The molecule has 8 nitrogen and oxygen atoms in total. The number of allylic oxidation sites excluding steroid dienone is 16. The molecular formula is C48H77NO7. The quantitative estimate of drug-likeness (QED) is 0.0205. The van der Waals surface area contributed by atoms with Gasteiger partial charge in [-0.2, -0.15) is 0 Å². The highest BCUT2D eigenvalue weighted by Crippen LogP contribution is 2.13. The van der Waals surface area contributed by atoms with E-state index >= 15 is 0 Å². The molecular weight excluding hydrogens is 703 g/mol. The second kappa shape index (κ2) is 38.1. The number of ether oxygens (including phenoxy) is 3. The smallest absolute Gasteiger partial charge is 0.306 e. The molecule has 316 valence electrons. The van der Waals surface area contributed by atoms with Crippen LogP contribution in [-0.4, -0.2) is 75.5 Å². The molecule has 0 aliphatic rings. The van der Waals surface area contributed by atoms with Crippen molar-refractivity contribution in [3.8, 4) is 0 Å². The number of hydrogen-bond acceptors (Lipinski definition) is 7. The van der Waals surface area contributed by atoms with Crippen molar-refractivity contribution >= 4 is 17.9 Å². The van der Waals surface area contributed by atoms with Crippen LogP contribution < -0.4 is 5.11 Å². The van der Waals surface area contributed by atoms with E-state index in [-0.39, 0.29) is 49.1 Å². The third kappa shape index (κ3) is 35.9. The number of carboxylic acids is 1. The fourth-order valence-electron chi connectivity index (χ4n) is 5.58. The number of carbonyl (C=O) groups is 3. The molecule has 0 fully saturated rings. The largest absolute Gasteiger partial charge is 0.544 e. The van der Waals surface area contributed by atoms with E-state index in [1.54, 1.807) is 21.1 Å². The number of nitrogens with zero attached hydrogens (tertiary/aromatic N) is 1. The fourth-order valence-corrected chi connectivity index (χ4v) is 5.58. The second-order valence-electron chi connectivity index (χ2n) is 14.9. The third-order valence-corrected chi connectivity index (χ3v) is 8.84. The Labute approximate surface area is 341 Å². The lowest BCUT2D eigenvalue weighted by molar-refractivity contribution is -0.889. The van der Waals surface area contributed by atoms with Crippen molar-refractivity contribution in [3.05, 3.63) is 97.2 Å². The van der Waals surface area contributed by atoms with Gasteiger partial charge in [0, 0.05) is 19.3 Å². The zero-order valence-electron chi connectivity index (χ0n) is 35.8. The summed E-state index contributed by atoms with van der Waals surface area (Å²) in [5.41, 5.74) is 0. The van der Waals surface area contributed by atoms with E-state index in [4.69, 9.17) is 14.2 Å². The lowest BCUT2D eigenvalue weighted by Crippen LogP contribution is -2.55. The molecule has 0 N–H and O–H groups in total. The molecule has 0 saturated heterocycles. The van der Waals surface area contributed by atoms with Gasteiger partial charge in [-0.05, 0) is 57.8 Å². The van der Waals surface area contributed by atoms with Crippen LogP contribution in [0.1, 0.15) is 136 Å². The molecule has 2 unspecified atom stereocenters. The Kier molecular flexibility index (Phi) is 35.6. The molecule has 8 heteroatoms. The summed E-state index contributed by atoms with van der Waals surface area (Å²) in [6.45, 7) is 4.30. The summed E-state index contributed by atoms with van der Waals surface area (Å²) in [7, 11) is 5.37. The van der Waals surface area contributed by atoms with Gasteiger partial charge in [-0.15, -0.1) is 0 Å². The standard InChI is InChI=1S/C48H77NO7/c1-6-8-10-12-14-16-18-20-21-22-23-24-25-27-29-31-33-35-37-39-47(51)56-44(42-54-41-40-45(48(52)53)49(3,4)5)43-55-46(50)38-36-34-32-30-28-26-19-17-15-13-11-9-7-2/h8-11,13-17,19-21,26,28,30,32,44-45H,6-7,12,18,22-25,27,29,31,33-43H2,1-5H3/b10-8+,11-9+,15-13+,16-14+,19-17+,21-20+,28-26+,32-30+. The SMILES string of the molecule is CC/C=C/C=C/C=C/C=C/C=C/CCCC(=O)OCC(COCCC(C(=O)[O-])[N+](C)(C)C)OC(=O)CCCCCCCCCCC/C=C/C/C=C/C/C=C/CC. The number of carboxylic acid groups (broad SMARTS) is 1. The first-order valence-corrected chi connectivity index (χ1v) is 21.3.